The highest BCUT2D eigenvalue weighted by Crippen LogP contribution is 2.40. The van der Waals surface area contributed by atoms with E-state index in [9.17, 15) is 13.2 Å². The normalized spacial score (nSPS) is 16.2. The van der Waals surface area contributed by atoms with Gasteiger partial charge in [-0.3, -0.25) is 0 Å². The lowest BCUT2D eigenvalue weighted by atomic mass is 10.0. The lowest BCUT2D eigenvalue weighted by molar-refractivity contribution is -0.138. The molecule has 2 aromatic heterocycles. The molecule has 1 fully saturated rings. The highest BCUT2D eigenvalue weighted by atomic mass is 19.4. The van der Waals surface area contributed by atoms with Crippen LogP contribution in [-0.2, 0) is 6.18 Å². The van der Waals surface area contributed by atoms with Crippen molar-refractivity contribution in [1.82, 2.24) is 19.8 Å². The third-order valence-corrected chi connectivity index (χ3v) is 4.39. The molecular formula is C17H16F3N5. The zero-order valence-corrected chi connectivity index (χ0v) is 13.5. The van der Waals surface area contributed by atoms with Gasteiger partial charge in [0.15, 0.2) is 0 Å². The van der Waals surface area contributed by atoms with Crippen LogP contribution in [-0.4, -0.2) is 19.8 Å². The van der Waals surface area contributed by atoms with Crippen LogP contribution in [0.15, 0.2) is 36.7 Å². The summed E-state index contributed by atoms with van der Waals surface area (Å²) in [6.45, 7) is 1.70. The minimum Gasteiger partial charge on any atom is -0.375 e. The van der Waals surface area contributed by atoms with Gasteiger partial charge >= 0.3 is 6.18 Å². The zero-order valence-electron chi connectivity index (χ0n) is 13.5. The molecule has 130 valence electrons. The molecule has 1 N–H and O–H groups in total. The molecule has 1 saturated carbocycles. The van der Waals surface area contributed by atoms with Crippen molar-refractivity contribution in [2.45, 2.75) is 37.9 Å². The van der Waals surface area contributed by atoms with Gasteiger partial charge < -0.3 is 5.32 Å². The quantitative estimate of drug-likeness (QED) is 0.769. The molecule has 0 saturated heterocycles. The van der Waals surface area contributed by atoms with Gasteiger partial charge in [0.2, 0.25) is 5.65 Å². The molecular weight excluding hydrogens is 331 g/mol. The first-order chi connectivity index (χ1) is 11.9. The van der Waals surface area contributed by atoms with E-state index < -0.39 is 17.8 Å². The minimum atomic E-state index is -4.39. The number of aromatic nitrogens is 4. The van der Waals surface area contributed by atoms with E-state index in [-0.39, 0.29) is 5.56 Å². The summed E-state index contributed by atoms with van der Waals surface area (Å²) in [7, 11) is 0. The second-order valence-corrected chi connectivity index (χ2v) is 6.31. The predicted molar refractivity (Wildman–Crippen MR) is 86.2 cm³/mol. The van der Waals surface area contributed by atoms with E-state index in [0.717, 1.165) is 24.6 Å². The maximum absolute atomic E-state index is 13.3. The number of nitrogens with one attached hydrogen (secondary N) is 1. The maximum atomic E-state index is 13.3. The van der Waals surface area contributed by atoms with Gasteiger partial charge in [0.1, 0.15) is 6.33 Å². The van der Waals surface area contributed by atoms with Crippen molar-refractivity contribution >= 4 is 11.3 Å². The summed E-state index contributed by atoms with van der Waals surface area (Å²) < 4.78 is 41.4. The minimum absolute atomic E-state index is 0.192. The van der Waals surface area contributed by atoms with Crippen LogP contribution < -0.4 is 5.32 Å². The van der Waals surface area contributed by atoms with E-state index in [2.05, 4.69) is 20.6 Å². The number of hydrogen-bond acceptors (Lipinski definition) is 4. The molecule has 4 rings (SSSR count). The SMILES string of the molecule is CC(Nc1cc(C2CC2)nn2cnnc12)c1ccccc1C(F)(F)F. The number of hydrogen-bond donors (Lipinski definition) is 1. The van der Waals surface area contributed by atoms with Crippen LogP contribution >= 0.6 is 0 Å². The molecule has 1 atom stereocenters. The van der Waals surface area contributed by atoms with Gasteiger partial charge in [0.05, 0.1) is 16.9 Å². The monoisotopic (exact) mass is 347 g/mol. The molecule has 0 spiro atoms. The first kappa shape index (κ1) is 15.9. The lowest BCUT2D eigenvalue weighted by Gasteiger charge is -2.20. The fourth-order valence-electron chi connectivity index (χ4n) is 2.97. The van der Waals surface area contributed by atoms with Gasteiger partial charge in [0.25, 0.3) is 0 Å². The van der Waals surface area contributed by atoms with Crippen LogP contribution in [0.3, 0.4) is 0 Å². The van der Waals surface area contributed by atoms with Crippen molar-refractivity contribution in [2.75, 3.05) is 5.32 Å². The topological polar surface area (TPSA) is 55.1 Å². The number of nitrogens with zero attached hydrogens (tertiary/aromatic N) is 4. The van der Waals surface area contributed by atoms with Crippen molar-refractivity contribution in [1.29, 1.82) is 0 Å². The van der Waals surface area contributed by atoms with Gasteiger partial charge in [-0.05, 0) is 37.5 Å². The van der Waals surface area contributed by atoms with Crippen molar-refractivity contribution in [3.63, 3.8) is 0 Å². The molecule has 0 bridgehead atoms. The second kappa shape index (κ2) is 5.72. The number of halogens is 3. The van der Waals surface area contributed by atoms with E-state index in [1.807, 2.05) is 6.07 Å². The highest BCUT2D eigenvalue weighted by molar-refractivity contribution is 5.67. The first-order valence-electron chi connectivity index (χ1n) is 8.07. The average Bonchev–Trinajstić information content (AvgIpc) is 3.32. The van der Waals surface area contributed by atoms with Crippen LogP contribution in [0, 0.1) is 0 Å². The molecule has 3 aromatic rings. The Morgan fingerprint density at radius 1 is 1.24 bits per heavy atom. The van der Waals surface area contributed by atoms with E-state index >= 15 is 0 Å². The molecule has 5 nitrogen and oxygen atoms in total. The smallest absolute Gasteiger partial charge is 0.375 e. The molecule has 0 amide bonds. The molecule has 1 aliphatic carbocycles. The van der Waals surface area contributed by atoms with E-state index in [1.165, 1.54) is 18.5 Å². The highest BCUT2D eigenvalue weighted by Gasteiger charge is 2.34. The molecule has 0 radical (unpaired) electrons. The predicted octanol–water partition coefficient (Wildman–Crippen LogP) is 4.19. The molecule has 0 aliphatic heterocycles. The first-order valence-corrected chi connectivity index (χ1v) is 8.07. The van der Waals surface area contributed by atoms with E-state index in [0.29, 0.717) is 17.3 Å². The Morgan fingerprint density at radius 2 is 2.00 bits per heavy atom. The Kier molecular flexibility index (Phi) is 3.63. The number of anilines is 1. The van der Waals surface area contributed by atoms with Crippen LogP contribution in [0.5, 0.6) is 0 Å². The fourth-order valence-corrected chi connectivity index (χ4v) is 2.97. The second-order valence-electron chi connectivity index (χ2n) is 6.31. The summed E-state index contributed by atoms with van der Waals surface area (Å²) in [5.41, 5.74) is 1.60. The third kappa shape index (κ3) is 3.04. The van der Waals surface area contributed by atoms with Crippen LogP contribution in [0.1, 0.15) is 48.5 Å². The summed E-state index contributed by atoms with van der Waals surface area (Å²) in [6.07, 6.45) is -0.742. The number of benzene rings is 1. The Labute approximate surface area is 141 Å². The Morgan fingerprint density at radius 3 is 2.72 bits per heavy atom. The van der Waals surface area contributed by atoms with Crippen molar-refractivity contribution in [3.8, 4) is 0 Å². The zero-order chi connectivity index (χ0) is 17.6. The number of alkyl halides is 3. The van der Waals surface area contributed by atoms with Gasteiger partial charge in [-0.1, -0.05) is 18.2 Å². The Balaban J connectivity index is 1.71. The van der Waals surface area contributed by atoms with Crippen molar-refractivity contribution < 1.29 is 13.2 Å². The van der Waals surface area contributed by atoms with Crippen LogP contribution in [0.4, 0.5) is 18.9 Å². The molecule has 8 heteroatoms. The van der Waals surface area contributed by atoms with E-state index in [1.54, 1.807) is 17.5 Å². The molecule has 1 unspecified atom stereocenters. The summed E-state index contributed by atoms with van der Waals surface area (Å²) in [5.74, 6) is 0.408. The van der Waals surface area contributed by atoms with Crippen LogP contribution in [0.2, 0.25) is 0 Å². The lowest BCUT2D eigenvalue weighted by Crippen LogP contribution is -2.16. The molecule has 1 aromatic carbocycles. The third-order valence-electron chi connectivity index (χ3n) is 4.39. The average molecular weight is 347 g/mol. The van der Waals surface area contributed by atoms with E-state index in [4.69, 9.17) is 0 Å². The van der Waals surface area contributed by atoms with Gasteiger partial charge in [0, 0.05) is 12.0 Å². The summed E-state index contributed by atoms with van der Waals surface area (Å²) in [4.78, 5) is 0. The maximum Gasteiger partial charge on any atom is 0.416 e. The number of rotatable bonds is 4. The summed E-state index contributed by atoms with van der Waals surface area (Å²) >= 11 is 0. The van der Waals surface area contributed by atoms with Gasteiger partial charge in [-0.15, -0.1) is 10.2 Å². The van der Waals surface area contributed by atoms with Gasteiger partial charge in [-0.25, -0.2) is 0 Å². The molecule has 1 aliphatic rings. The summed E-state index contributed by atoms with van der Waals surface area (Å²) in [6, 6.07) is 6.92. The van der Waals surface area contributed by atoms with Crippen LogP contribution in [0.25, 0.3) is 5.65 Å². The van der Waals surface area contributed by atoms with Crippen molar-refractivity contribution in [2.24, 2.45) is 0 Å². The Hall–Kier alpha value is -2.64. The molecule has 25 heavy (non-hydrogen) atoms. The number of fused-ring (bicyclic) bond motifs is 1. The fraction of sp³-hybridized carbons (Fsp3) is 0.353. The van der Waals surface area contributed by atoms with Gasteiger partial charge in [-0.2, -0.15) is 22.8 Å². The largest absolute Gasteiger partial charge is 0.416 e. The van der Waals surface area contributed by atoms with Crippen molar-refractivity contribution in [3.05, 3.63) is 53.5 Å². The molecule has 2 heterocycles. The standard InChI is InChI=1S/C17H16F3N5/c1-10(12-4-2-3-5-13(12)17(18,19)20)22-15-8-14(11-6-7-11)24-25-9-21-23-16(15)25/h2-5,8-11,22H,6-7H2,1H3. The Bertz CT molecular complexity index is 914. The summed E-state index contributed by atoms with van der Waals surface area (Å²) in [5, 5.41) is 15.5.